The van der Waals surface area contributed by atoms with Crippen molar-refractivity contribution >= 4 is 17.3 Å². The molecule has 0 aliphatic heterocycles. The van der Waals surface area contributed by atoms with Crippen LogP contribution in [0.3, 0.4) is 0 Å². The minimum absolute atomic E-state index is 0.221. The minimum Gasteiger partial charge on any atom is -0.396 e. The molecule has 164 valence electrons. The molecular formula is C23H31N6O2+. The molecule has 31 heavy (non-hydrogen) atoms. The van der Waals surface area contributed by atoms with Gasteiger partial charge in [0, 0.05) is 53.1 Å². The zero-order chi connectivity index (χ0) is 21.2. The number of aliphatic hydroxyl groups is 1. The Hall–Kier alpha value is -2.87. The van der Waals surface area contributed by atoms with Gasteiger partial charge in [0.25, 0.3) is 0 Å². The van der Waals surface area contributed by atoms with E-state index in [4.69, 9.17) is 9.82 Å². The normalized spacial score (nSPS) is 21.2. The van der Waals surface area contributed by atoms with Gasteiger partial charge in [-0.1, -0.05) is 12.8 Å². The molecule has 2 atom stereocenters. The fourth-order valence-corrected chi connectivity index (χ4v) is 4.58. The van der Waals surface area contributed by atoms with E-state index >= 15 is 0 Å². The van der Waals surface area contributed by atoms with Gasteiger partial charge in [-0.05, 0) is 37.7 Å². The number of hydrogen-bond acceptors (Lipinski definition) is 6. The highest BCUT2D eigenvalue weighted by molar-refractivity contribution is 5.62. The Morgan fingerprint density at radius 2 is 2.13 bits per heavy atom. The minimum atomic E-state index is 0.221. The molecule has 3 N–H and O–H groups in total. The second-order valence-corrected chi connectivity index (χ2v) is 8.72. The third-order valence-electron chi connectivity index (χ3n) is 6.51. The van der Waals surface area contributed by atoms with Crippen molar-refractivity contribution in [3.8, 4) is 0 Å². The van der Waals surface area contributed by atoms with E-state index in [1.165, 1.54) is 31.2 Å². The van der Waals surface area contributed by atoms with Crippen molar-refractivity contribution in [1.82, 2.24) is 14.6 Å². The van der Waals surface area contributed by atoms with E-state index < -0.39 is 0 Å². The average molecular weight is 424 g/mol. The van der Waals surface area contributed by atoms with Gasteiger partial charge >= 0.3 is 0 Å². The van der Waals surface area contributed by atoms with E-state index in [0.29, 0.717) is 12.5 Å². The van der Waals surface area contributed by atoms with E-state index in [0.717, 1.165) is 35.7 Å². The largest absolute Gasteiger partial charge is 0.396 e. The summed E-state index contributed by atoms with van der Waals surface area (Å²) in [5, 5.41) is 21.6. The predicted molar refractivity (Wildman–Crippen MR) is 118 cm³/mol. The number of aliphatic hydroxyl groups excluding tert-OH is 1. The molecular weight excluding hydrogens is 392 g/mol. The second kappa shape index (κ2) is 8.70. The number of aromatic nitrogens is 4. The quantitative estimate of drug-likeness (QED) is 0.483. The van der Waals surface area contributed by atoms with Gasteiger partial charge in [-0.3, -0.25) is 4.84 Å². The van der Waals surface area contributed by atoms with E-state index in [2.05, 4.69) is 21.8 Å². The summed E-state index contributed by atoms with van der Waals surface area (Å²) in [7, 11) is 1.65. The zero-order valence-corrected chi connectivity index (χ0v) is 18.0. The molecule has 8 heteroatoms. The lowest BCUT2D eigenvalue weighted by atomic mass is 9.85. The monoisotopic (exact) mass is 423 g/mol. The van der Waals surface area contributed by atoms with Crippen LogP contribution >= 0.6 is 0 Å². The van der Waals surface area contributed by atoms with E-state index in [1.54, 1.807) is 11.8 Å². The van der Waals surface area contributed by atoms with Crippen LogP contribution in [0.4, 0.5) is 11.6 Å². The Labute approximate surface area is 182 Å². The Bertz CT molecular complexity index is 1050. The standard InChI is InChI=1S/C23H31N6O2/c1-31-28-10-4-5-16(14-28)12-24-22-11-21(26-20-7-3-2-6-18(20)15-30)27-23-19(17-8-9-17)13-25-29(22)23/h4-5,10-11,13-14,17-18,20,24,30H,2-3,6-9,12,15H2,1H3,(H,26,27)/q+1/t18-,20-/m0/s1. The SMILES string of the molecule is CO[n+]1cccc(CNc2cc(N[C@H]3CCCC[C@H]3CO)nc3c(C4CC4)cnn23)c1. The molecule has 0 radical (unpaired) electrons. The maximum atomic E-state index is 9.81. The van der Waals surface area contributed by atoms with Crippen LogP contribution in [-0.4, -0.2) is 39.5 Å². The maximum absolute atomic E-state index is 9.81. The van der Waals surface area contributed by atoms with E-state index in [9.17, 15) is 5.11 Å². The van der Waals surface area contributed by atoms with Gasteiger partial charge in [-0.15, -0.1) is 0 Å². The third-order valence-corrected chi connectivity index (χ3v) is 6.51. The molecule has 2 fully saturated rings. The molecule has 0 saturated heterocycles. The molecule has 0 unspecified atom stereocenters. The lowest BCUT2D eigenvalue weighted by molar-refractivity contribution is -0.885. The molecule has 2 aliphatic rings. The topological polar surface area (TPSA) is 87.6 Å². The summed E-state index contributed by atoms with van der Waals surface area (Å²) in [5.41, 5.74) is 3.25. The maximum Gasteiger partial charge on any atom is 0.227 e. The smallest absolute Gasteiger partial charge is 0.227 e. The van der Waals surface area contributed by atoms with Gasteiger partial charge in [-0.25, -0.2) is 4.98 Å². The summed E-state index contributed by atoms with van der Waals surface area (Å²) in [4.78, 5) is 10.2. The van der Waals surface area contributed by atoms with Gasteiger partial charge in [-0.2, -0.15) is 9.61 Å². The summed E-state index contributed by atoms with van der Waals surface area (Å²) in [6, 6.07) is 6.32. The van der Waals surface area contributed by atoms with Crippen LogP contribution in [0.15, 0.2) is 36.8 Å². The molecule has 3 aromatic rings. The van der Waals surface area contributed by atoms with Crippen molar-refractivity contribution in [2.45, 2.75) is 57.0 Å². The van der Waals surface area contributed by atoms with Gasteiger partial charge < -0.3 is 15.7 Å². The predicted octanol–water partition coefficient (Wildman–Crippen LogP) is 2.53. The lowest BCUT2D eigenvalue weighted by Gasteiger charge is -2.31. The Kier molecular flexibility index (Phi) is 5.63. The van der Waals surface area contributed by atoms with Crippen LogP contribution in [0.1, 0.15) is 55.6 Å². The Balaban J connectivity index is 1.44. The number of rotatable bonds is 8. The number of hydrogen-bond donors (Lipinski definition) is 3. The van der Waals surface area contributed by atoms with Gasteiger partial charge in [0.15, 0.2) is 5.65 Å². The zero-order valence-electron chi connectivity index (χ0n) is 18.0. The van der Waals surface area contributed by atoms with Crippen LogP contribution in [0.2, 0.25) is 0 Å². The Morgan fingerprint density at radius 1 is 1.26 bits per heavy atom. The summed E-state index contributed by atoms with van der Waals surface area (Å²) in [6.07, 6.45) is 12.7. The molecule has 3 heterocycles. The first kappa shape index (κ1) is 20.1. The van der Waals surface area contributed by atoms with Crippen molar-refractivity contribution in [2.24, 2.45) is 5.92 Å². The summed E-state index contributed by atoms with van der Waals surface area (Å²) in [6.45, 7) is 0.864. The van der Waals surface area contributed by atoms with E-state index in [-0.39, 0.29) is 18.6 Å². The summed E-state index contributed by atoms with van der Waals surface area (Å²) in [5.74, 6) is 2.61. The highest BCUT2D eigenvalue weighted by Gasteiger charge is 2.29. The van der Waals surface area contributed by atoms with Crippen molar-refractivity contribution in [3.05, 3.63) is 47.9 Å². The molecule has 2 saturated carbocycles. The van der Waals surface area contributed by atoms with Crippen LogP contribution in [0, 0.1) is 5.92 Å². The van der Waals surface area contributed by atoms with Crippen LogP contribution in [0.5, 0.6) is 0 Å². The summed E-state index contributed by atoms with van der Waals surface area (Å²) >= 11 is 0. The number of nitrogens with zero attached hydrogens (tertiary/aromatic N) is 4. The van der Waals surface area contributed by atoms with Crippen molar-refractivity contribution in [1.29, 1.82) is 0 Å². The summed E-state index contributed by atoms with van der Waals surface area (Å²) < 4.78 is 3.60. The molecule has 3 aromatic heterocycles. The first-order valence-electron chi connectivity index (χ1n) is 11.3. The first-order valence-corrected chi connectivity index (χ1v) is 11.3. The molecule has 0 spiro atoms. The first-order chi connectivity index (χ1) is 15.2. The van der Waals surface area contributed by atoms with Crippen LogP contribution < -0.4 is 20.2 Å². The number of nitrogens with one attached hydrogen (secondary N) is 2. The second-order valence-electron chi connectivity index (χ2n) is 8.72. The third kappa shape index (κ3) is 4.30. The van der Waals surface area contributed by atoms with Crippen molar-refractivity contribution in [2.75, 3.05) is 24.4 Å². The van der Waals surface area contributed by atoms with Gasteiger partial charge in [0.2, 0.25) is 12.4 Å². The number of fused-ring (bicyclic) bond motifs is 1. The molecule has 0 amide bonds. The molecule has 8 nitrogen and oxygen atoms in total. The van der Waals surface area contributed by atoms with Crippen LogP contribution in [0.25, 0.3) is 5.65 Å². The van der Waals surface area contributed by atoms with Crippen molar-refractivity contribution < 1.29 is 14.7 Å². The molecule has 0 aromatic carbocycles. The lowest BCUT2D eigenvalue weighted by Crippen LogP contribution is -2.40. The highest BCUT2D eigenvalue weighted by atomic mass is 16.6. The Morgan fingerprint density at radius 3 is 2.94 bits per heavy atom. The van der Waals surface area contributed by atoms with Gasteiger partial charge in [0.1, 0.15) is 18.7 Å². The molecule has 0 bridgehead atoms. The average Bonchev–Trinajstić information content (AvgIpc) is 3.57. The highest BCUT2D eigenvalue weighted by Crippen LogP contribution is 2.42. The van der Waals surface area contributed by atoms with Crippen LogP contribution in [-0.2, 0) is 6.54 Å². The van der Waals surface area contributed by atoms with Gasteiger partial charge in [0.05, 0.1) is 6.20 Å². The van der Waals surface area contributed by atoms with Crippen molar-refractivity contribution in [3.63, 3.8) is 0 Å². The molecule has 5 rings (SSSR count). The fraction of sp³-hybridized carbons (Fsp3) is 0.522. The number of anilines is 2. The number of pyridine rings is 1. The fourth-order valence-electron chi connectivity index (χ4n) is 4.58. The van der Waals surface area contributed by atoms with E-state index in [1.807, 2.05) is 35.2 Å². The molecule has 2 aliphatic carbocycles.